The second-order valence-electron chi connectivity index (χ2n) is 5.53. The second kappa shape index (κ2) is 10.0. The van der Waals surface area contributed by atoms with Crippen LogP contribution in [-0.2, 0) is 11.3 Å². The SMILES string of the molecule is Cc1csc(C[C@H](NC(=O)Nc2ccc(Cl)cc2)C(N)=NOCCO)c1. The van der Waals surface area contributed by atoms with Crippen molar-refractivity contribution >= 4 is 40.5 Å². The predicted molar refractivity (Wildman–Crippen MR) is 105 cm³/mol. The van der Waals surface area contributed by atoms with E-state index in [-0.39, 0.29) is 19.0 Å². The van der Waals surface area contributed by atoms with Crippen LogP contribution < -0.4 is 16.4 Å². The van der Waals surface area contributed by atoms with Gasteiger partial charge in [0.15, 0.2) is 5.84 Å². The molecule has 9 heteroatoms. The maximum Gasteiger partial charge on any atom is 0.319 e. The van der Waals surface area contributed by atoms with Crippen LogP contribution in [0.5, 0.6) is 0 Å². The molecule has 0 spiro atoms. The summed E-state index contributed by atoms with van der Waals surface area (Å²) in [5, 5.41) is 20.6. The standard InChI is InChI=1S/C17H21ClN4O3S/c1-11-8-14(26-10-11)9-15(16(19)22-25-7-6-23)21-17(24)20-13-4-2-12(18)3-5-13/h2-5,8,10,15,23H,6-7,9H2,1H3,(H2,19,22)(H2,20,21,24)/t15-/m0/s1. The minimum absolute atomic E-state index is 0.0303. The molecule has 0 aliphatic rings. The molecule has 2 aromatic rings. The van der Waals surface area contributed by atoms with Crippen LogP contribution in [0.3, 0.4) is 0 Å². The second-order valence-corrected chi connectivity index (χ2v) is 6.96. The number of carbonyl (C=O) groups is 1. The highest BCUT2D eigenvalue weighted by atomic mass is 35.5. The first-order chi connectivity index (χ1) is 12.5. The molecule has 1 aromatic heterocycles. The number of nitrogens with zero attached hydrogens (tertiary/aromatic N) is 1. The van der Waals surface area contributed by atoms with Gasteiger partial charge in [-0.15, -0.1) is 11.3 Å². The van der Waals surface area contributed by atoms with Gasteiger partial charge in [0, 0.05) is 22.0 Å². The molecule has 140 valence electrons. The molecule has 0 aliphatic heterocycles. The summed E-state index contributed by atoms with van der Waals surface area (Å²) in [6, 6.07) is 7.80. The zero-order chi connectivity index (χ0) is 18.9. The van der Waals surface area contributed by atoms with E-state index in [0.29, 0.717) is 17.1 Å². The van der Waals surface area contributed by atoms with E-state index >= 15 is 0 Å². The Bertz CT molecular complexity index is 749. The summed E-state index contributed by atoms with van der Waals surface area (Å²) in [6.45, 7) is 1.86. The molecule has 0 saturated carbocycles. The highest BCUT2D eigenvalue weighted by Gasteiger charge is 2.19. The number of amidine groups is 1. The van der Waals surface area contributed by atoms with Gasteiger partial charge in [0.1, 0.15) is 6.61 Å². The van der Waals surface area contributed by atoms with Crippen LogP contribution in [-0.4, -0.2) is 36.2 Å². The number of carbonyl (C=O) groups excluding carboxylic acids is 1. The maximum atomic E-state index is 12.3. The highest BCUT2D eigenvalue weighted by molar-refractivity contribution is 7.10. The number of oxime groups is 1. The zero-order valence-electron chi connectivity index (χ0n) is 14.2. The van der Waals surface area contributed by atoms with Crippen LogP contribution in [0.1, 0.15) is 10.4 Å². The van der Waals surface area contributed by atoms with Gasteiger partial charge in [-0.25, -0.2) is 4.79 Å². The normalized spacial score (nSPS) is 12.5. The molecule has 26 heavy (non-hydrogen) atoms. The third kappa shape index (κ3) is 6.55. The van der Waals surface area contributed by atoms with E-state index in [1.54, 1.807) is 35.6 Å². The Hall–Kier alpha value is -2.29. The molecule has 7 nitrogen and oxygen atoms in total. The number of rotatable bonds is 8. The van der Waals surface area contributed by atoms with Crippen molar-refractivity contribution in [3.05, 3.63) is 51.2 Å². The summed E-state index contributed by atoms with van der Waals surface area (Å²) in [5.41, 5.74) is 7.70. The molecule has 0 bridgehead atoms. The molecule has 0 aliphatic carbocycles. The number of nitrogens with two attached hydrogens (primary N) is 1. The Labute approximate surface area is 160 Å². The van der Waals surface area contributed by atoms with Gasteiger partial charge in [0.05, 0.1) is 12.6 Å². The lowest BCUT2D eigenvalue weighted by atomic mass is 10.1. The molecular weight excluding hydrogens is 376 g/mol. The Morgan fingerprint density at radius 2 is 2.15 bits per heavy atom. The van der Waals surface area contributed by atoms with Gasteiger partial charge in [-0.05, 0) is 48.2 Å². The lowest BCUT2D eigenvalue weighted by molar-refractivity contribution is 0.0975. The summed E-state index contributed by atoms with van der Waals surface area (Å²) in [4.78, 5) is 18.3. The minimum Gasteiger partial charge on any atom is -0.393 e. The van der Waals surface area contributed by atoms with Crippen LogP contribution in [0.2, 0.25) is 5.02 Å². The fraction of sp³-hybridized carbons (Fsp3) is 0.294. The Morgan fingerprint density at radius 1 is 1.42 bits per heavy atom. The van der Waals surface area contributed by atoms with Crippen molar-refractivity contribution in [2.24, 2.45) is 10.9 Å². The molecule has 5 N–H and O–H groups in total. The van der Waals surface area contributed by atoms with E-state index < -0.39 is 12.1 Å². The van der Waals surface area contributed by atoms with Crippen LogP contribution >= 0.6 is 22.9 Å². The molecule has 2 amide bonds. The third-order valence-electron chi connectivity index (χ3n) is 3.31. The van der Waals surface area contributed by atoms with E-state index in [9.17, 15) is 4.79 Å². The van der Waals surface area contributed by atoms with E-state index in [2.05, 4.69) is 15.8 Å². The average molecular weight is 397 g/mol. The van der Waals surface area contributed by atoms with Gasteiger partial charge < -0.3 is 26.3 Å². The molecular formula is C17H21ClN4O3S. The number of aliphatic hydroxyl groups is 1. The third-order valence-corrected chi connectivity index (χ3v) is 4.64. The number of nitrogens with one attached hydrogen (secondary N) is 2. The summed E-state index contributed by atoms with van der Waals surface area (Å²) in [6.07, 6.45) is 0.477. The van der Waals surface area contributed by atoms with Crippen LogP contribution in [0.25, 0.3) is 0 Å². The van der Waals surface area contributed by atoms with Crippen molar-refractivity contribution in [3.63, 3.8) is 0 Å². The molecule has 1 aromatic carbocycles. The van der Waals surface area contributed by atoms with Gasteiger partial charge in [0.2, 0.25) is 0 Å². The minimum atomic E-state index is -0.556. The number of benzene rings is 1. The number of aliphatic hydroxyl groups excluding tert-OH is 1. The fourth-order valence-electron chi connectivity index (χ4n) is 2.11. The van der Waals surface area contributed by atoms with Gasteiger partial charge in [-0.1, -0.05) is 16.8 Å². The van der Waals surface area contributed by atoms with Crippen molar-refractivity contribution in [3.8, 4) is 0 Å². The number of urea groups is 1. The first-order valence-electron chi connectivity index (χ1n) is 7.91. The molecule has 1 atom stereocenters. The average Bonchev–Trinajstić information content (AvgIpc) is 3.01. The molecule has 0 saturated heterocycles. The topological polar surface area (TPSA) is 109 Å². The van der Waals surface area contributed by atoms with Crippen molar-refractivity contribution in [1.29, 1.82) is 0 Å². The quantitative estimate of drug-likeness (QED) is 0.238. The highest BCUT2D eigenvalue weighted by Crippen LogP contribution is 2.16. The van der Waals surface area contributed by atoms with Crippen molar-refractivity contribution in [2.75, 3.05) is 18.5 Å². The molecule has 2 rings (SSSR count). The molecule has 0 fully saturated rings. The summed E-state index contributed by atoms with van der Waals surface area (Å²) >= 11 is 7.41. The largest absolute Gasteiger partial charge is 0.393 e. The summed E-state index contributed by atoms with van der Waals surface area (Å²) < 4.78 is 0. The van der Waals surface area contributed by atoms with Gasteiger partial charge in [0.25, 0.3) is 0 Å². The number of thiophene rings is 1. The van der Waals surface area contributed by atoms with E-state index in [1.807, 2.05) is 18.4 Å². The fourth-order valence-corrected chi connectivity index (χ4v) is 3.16. The number of amides is 2. The Morgan fingerprint density at radius 3 is 2.77 bits per heavy atom. The van der Waals surface area contributed by atoms with Crippen LogP contribution in [0.15, 0.2) is 40.9 Å². The molecule has 1 heterocycles. The monoisotopic (exact) mass is 396 g/mol. The lowest BCUT2D eigenvalue weighted by Crippen LogP contribution is -2.47. The first-order valence-corrected chi connectivity index (χ1v) is 9.17. The van der Waals surface area contributed by atoms with Gasteiger partial charge in [-0.2, -0.15) is 0 Å². The maximum absolute atomic E-state index is 12.3. The van der Waals surface area contributed by atoms with E-state index in [4.69, 9.17) is 27.3 Å². The predicted octanol–water partition coefficient (Wildman–Crippen LogP) is 2.72. The lowest BCUT2D eigenvalue weighted by Gasteiger charge is -2.18. The number of anilines is 1. The zero-order valence-corrected chi connectivity index (χ0v) is 15.8. The van der Waals surface area contributed by atoms with Crippen molar-refractivity contribution in [1.82, 2.24) is 5.32 Å². The van der Waals surface area contributed by atoms with E-state index in [0.717, 1.165) is 10.4 Å². The van der Waals surface area contributed by atoms with Gasteiger partial charge in [-0.3, -0.25) is 0 Å². The number of hydrogen-bond acceptors (Lipinski definition) is 5. The number of aryl methyl sites for hydroxylation is 1. The molecule has 0 unspecified atom stereocenters. The Balaban J connectivity index is 2.05. The number of halogens is 1. The molecule has 0 radical (unpaired) electrons. The smallest absolute Gasteiger partial charge is 0.319 e. The van der Waals surface area contributed by atoms with Crippen LogP contribution in [0.4, 0.5) is 10.5 Å². The summed E-state index contributed by atoms with van der Waals surface area (Å²) in [5.74, 6) is 0.121. The van der Waals surface area contributed by atoms with Gasteiger partial charge >= 0.3 is 6.03 Å². The van der Waals surface area contributed by atoms with Crippen molar-refractivity contribution in [2.45, 2.75) is 19.4 Å². The van der Waals surface area contributed by atoms with Crippen molar-refractivity contribution < 1.29 is 14.7 Å². The Kier molecular flexibility index (Phi) is 7.71. The summed E-state index contributed by atoms with van der Waals surface area (Å²) in [7, 11) is 0. The van der Waals surface area contributed by atoms with E-state index in [1.165, 1.54) is 0 Å². The first kappa shape index (κ1) is 20.0. The van der Waals surface area contributed by atoms with Crippen LogP contribution in [0, 0.1) is 6.92 Å². The number of hydrogen-bond donors (Lipinski definition) is 4.